The Morgan fingerprint density at radius 2 is 2.19 bits per heavy atom. The van der Waals surface area contributed by atoms with E-state index in [1.54, 1.807) is 24.5 Å². The van der Waals surface area contributed by atoms with Crippen molar-refractivity contribution in [3.05, 3.63) is 42.6 Å². The van der Waals surface area contributed by atoms with Gasteiger partial charge in [0.1, 0.15) is 17.7 Å². The van der Waals surface area contributed by atoms with Crippen molar-refractivity contribution < 1.29 is 9.90 Å². The van der Waals surface area contributed by atoms with Gasteiger partial charge in [-0.15, -0.1) is 0 Å². The van der Waals surface area contributed by atoms with E-state index in [9.17, 15) is 4.79 Å². The number of rotatable bonds is 3. The van der Waals surface area contributed by atoms with Crippen LogP contribution >= 0.6 is 0 Å². The molecule has 0 radical (unpaired) electrons. The van der Waals surface area contributed by atoms with E-state index >= 15 is 0 Å². The quantitative estimate of drug-likeness (QED) is 0.804. The molecule has 0 saturated heterocycles. The molecule has 0 unspecified atom stereocenters. The minimum atomic E-state index is -1.08. The fourth-order valence-electron chi connectivity index (χ4n) is 1.16. The van der Waals surface area contributed by atoms with Gasteiger partial charge in [0.25, 0.3) is 0 Å². The fraction of sp³-hybridized carbons (Fsp3) is 0. The third kappa shape index (κ3) is 2.11. The molecular formula is C10H8N4O2. The summed E-state index contributed by atoms with van der Waals surface area (Å²) in [7, 11) is 0. The molecule has 6 heteroatoms. The number of aromatic carboxylic acids is 1. The molecule has 80 valence electrons. The fourth-order valence-corrected chi connectivity index (χ4v) is 1.16. The van der Waals surface area contributed by atoms with Crippen molar-refractivity contribution in [2.24, 2.45) is 0 Å². The lowest BCUT2D eigenvalue weighted by Crippen LogP contribution is -2.05. The number of pyridine rings is 1. The topological polar surface area (TPSA) is 88.0 Å². The van der Waals surface area contributed by atoms with Gasteiger partial charge in [-0.1, -0.05) is 0 Å². The molecule has 2 rings (SSSR count). The van der Waals surface area contributed by atoms with E-state index in [1.165, 1.54) is 12.5 Å². The molecule has 0 amide bonds. The zero-order chi connectivity index (χ0) is 11.4. The summed E-state index contributed by atoms with van der Waals surface area (Å²) >= 11 is 0. The molecule has 0 spiro atoms. The molecule has 0 aliphatic heterocycles. The largest absolute Gasteiger partial charge is 0.477 e. The van der Waals surface area contributed by atoms with Crippen LogP contribution in [0.1, 0.15) is 10.4 Å². The first-order valence-corrected chi connectivity index (χ1v) is 4.48. The highest BCUT2D eigenvalue weighted by Gasteiger charge is 2.11. The first-order chi connectivity index (χ1) is 7.77. The molecule has 0 saturated carbocycles. The van der Waals surface area contributed by atoms with Crippen LogP contribution in [0.2, 0.25) is 0 Å². The predicted octanol–water partition coefficient (Wildman–Crippen LogP) is 1.31. The molecular weight excluding hydrogens is 208 g/mol. The van der Waals surface area contributed by atoms with Crippen LogP contribution in [0.4, 0.5) is 11.5 Å². The monoisotopic (exact) mass is 216 g/mol. The van der Waals surface area contributed by atoms with Gasteiger partial charge in [0.15, 0.2) is 0 Å². The van der Waals surface area contributed by atoms with Crippen LogP contribution in [-0.2, 0) is 0 Å². The van der Waals surface area contributed by atoms with E-state index < -0.39 is 5.97 Å². The van der Waals surface area contributed by atoms with Gasteiger partial charge < -0.3 is 10.4 Å². The Hall–Kier alpha value is -2.50. The average Bonchev–Trinajstić information content (AvgIpc) is 2.31. The molecule has 16 heavy (non-hydrogen) atoms. The summed E-state index contributed by atoms with van der Waals surface area (Å²) in [5, 5.41) is 11.8. The van der Waals surface area contributed by atoms with Crippen LogP contribution in [0, 0.1) is 0 Å². The number of carbonyl (C=O) groups is 1. The Labute approximate surface area is 91.0 Å². The first kappa shape index (κ1) is 10.0. The molecule has 0 aromatic carbocycles. The molecule has 2 N–H and O–H groups in total. The highest BCUT2D eigenvalue weighted by molar-refractivity contribution is 5.93. The molecule has 6 nitrogen and oxygen atoms in total. The highest BCUT2D eigenvalue weighted by Crippen LogP contribution is 2.16. The molecule has 0 atom stereocenters. The normalized spacial score (nSPS) is 9.75. The number of aromatic nitrogens is 3. The molecule has 2 heterocycles. The van der Waals surface area contributed by atoms with E-state index in [2.05, 4.69) is 20.3 Å². The molecule has 2 aromatic rings. The maximum absolute atomic E-state index is 10.9. The Bertz CT molecular complexity index is 501. The van der Waals surface area contributed by atoms with Crippen molar-refractivity contribution >= 4 is 17.5 Å². The maximum atomic E-state index is 10.9. The predicted molar refractivity (Wildman–Crippen MR) is 56.5 cm³/mol. The van der Waals surface area contributed by atoms with Gasteiger partial charge in [0, 0.05) is 12.4 Å². The summed E-state index contributed by atoms with van der Waals surface area (Å²) < 4.78 is 0. The van der Waals surface area contributed by atoms with Crippen molar-refractivity contribution in [2.75, 3.05) is 5.32 Å². The number of hydrogen-bond acceptors (Lipinski definition) is 5. The summed E-state index contributed by atoms with van der Waals surface area (Å²) in [4.78, 5) is 22.3. The minimum absolute atomic E-state index is 0.0198. The first-order valence-electron chi connectivity index (χ1n) is 4.48. The van der Waals surface area contributed by atoms with Crippen LogP contribution in [-0.4, -0.2) is 26.0 Å². The van der Waals surface area contributed by atoms with E-state index in [1.807, 2.05) is 0 Å². The van der Waals surface area contributed by atoms with Gasteiger partial charge in [-0.25, -0.2) is 14.8 Å². The second-order valence-corrected chi connectivity index (χ2v) is 2.96. The summed E-state index contributed by atoms with van der Waals surface area (Å²) in [5.74, 6) is -0.831. The van der Waals surface area contributed by atoms with Crippen molar-refractivity contribution in [1.82, 2.24) is 15.0 Å². The second kappa shape index (κ2) is 4.35. The molecule has 0 aliphatic carbocycles. The smallest absolute Gasteiger partial charge is 0.341 e. The van der Waals surface area contributed by atoms with Crippen LogP contribution in [0.15, 0.2) is 37.1 Å². The number of nitrogens with zero attached hydrogens (tertiary/aromatic N) is 3. The van der Waals surface area contributed by atoms with Gasteiger partial charge in [-0.2, -0.15) is 0 Å². The number of anilines is 2. The van der Waals surface area contributed by atoms with E-state index in [-0.39, 0.29) is 11.4 Å². The van der Waals surface area contributed by atoms with Crippen LogP contribution < -0.4 is 5.32 Å². The molecule has 0 bridgehead atoms. The van der Waals surface area contributed by atoms with Gasteiger partial charge in [0.05, 0.1) is 11.9 Å². The zero-order valence-corrected chi connectivity index (χ0v) is 8.16. The van der Waals surface area contributed by atoms with Crippen LogP contribution in [0.25, 0.3) is 0 Å². The van der Waals surface area contributed by atoms with Crippen molar-refractivity contribution in [1.29, 1.82) is 0 Å². The summed E-state index contributed by atoms with van der Waals surface area (Å²) in [6.45, 7) is 0. The van der Waals surface area contributed by atoms with Crippen molar-refractivity contribution in [3.63, 3.8) is 0 Å². The molecule has 0 fully saturated rings. The number of nitrogens with one attached hydrogen (secondary N) is 1. The maximum Gasteiger partial charge on any atom is 0.341 e. The Balaban J connectivity index is 2.31. The second-order valence-electron chi connectivity index (χ2n) is 2.96. The van der Waals surface area contributed by atoms with Gasteiger partial charge in [-0.05, 0) is 12.1 Å². The summed E-state index contributed by atoms with van der Waals surface area (Å²) in [6, 6.07) is 3.50. The van der Waals surface area contributed by atoms with Gasteiger partial charge in [-0.3, -0.25) is 4.98 Å². The van der Waals surface area contributed by atoms with E-state index in [4.69, 9.17) is 5.11 Å². The molecule has 2 aromatic heterocycles. The SMILES string of the molecule is O=C(O)c1cncnc1Nc1cccnc1. The lowest BCUT2D eigenvalue weighted by Gasteiger charge is -2.06. The van der Waals surface area contributed by atoms with Gasteiger partial charge in [0.2, 0.25) is 0 Å². The average molecular weight is 216 g/mol. The summed E-state index contributed by atoms with van der Waals surface area (Å²) in [5.41, 5.74) is 0.690. The van der Waals surface area contributed by atoms with Crippen LogP contribution in [0.3, 0.4) is 0 Å². The Kier molecular flexibility index (Phi) is 2.73. The standard InChI is InChI=1S/C10H8N4O2/c15-10(16)8-5-12-6-13-9(8)14-7-2-1-3-11-4-7/h1-6H,(H,15,16)(H,12,13,14). The lowest BCUT2D eigenvalue weighted by molar-refractivity contribution is 0.0697. The Morgan fingerprint density at radius 1 is 1.31 bits per heavy atom. The van der Waals surface area contributed by atoms with E-state index in [0.29, 0.717) is 5.69 Å². The van der Waals surface area contributed by atoms with Crippen LogP contribution in [0.5, 0.6) is 0 Å². The number of hydrogen-bond donors (Lipinski definition) is 2. The summed E-state index contributed by atoms with van der Waals surface area (Å²) in [6.07, 6.45) is 5.73. The van der Waals surface area contributed by atoms with Gasteiger partial charge >= 0.3 is 5.97 Å². The minimum Gasteiger partial charge on any atom is -0.477 e. The lowest BCUT2D eigenvalue weighted by atomic mass is 10.3. The number of carboxylic acid groups (broad SMARTS) is 1. The third-order valence-corrected chi connectivity index (χ3v) is 1.87. The van der Waals surface area contributed by atoms with Crippen molar-refractivity contribution in [3.8, 4) is 0 Å². The third-order valence-electron chi connectivity index (χ3n) is 1.87. The number of carboxylic acids is 1. The highest BCUT2D eigenvalue weighted by atomic mass is 16.4. The Morgan fingerprint density at radius 3 is 2.88 bits per heavy atom. The zero-order valence-electron chi connectivity index (χ0n) is 8.16. The van der Waals surface area contributed by atoms with Crippen molar-refractivity contribution in [2.45, 2.75) is 0 Å². The van der Waals surface area contributed by atoms with E-state index in [0.717, 1.165) is 0 Å². The molecule has 0 aliphatic rings.